The van der Waals surface area contributed by atoms with Gasteiger partial charge in [0, 0.05) is 24.8 Å². The molecule has 0 atom stereocenters. The van der Waals surface area contributed by atoms with Crippen molar-refractivity contribution in [2.75, 3.05) is 66.4 Å². The minimum absolute atomic E-state index is 0.00456. The number of nitrogens with one attached hydrogen (secondary N) is 1. The van der Waals surface area contributed by atoms with E-state index in [9.17, 15) is 18.0 Å². The highest BCUT2D eigenvalue weighted by molar-refractivity contribution is 9.10. The largest absolute Gasteiger partial charge is 0.479 e. The molecule has 3 aromatic rings. The van der Waals surface area contributed by atoms with Crippen molar-refractivity contribution in [2.45, 2.75) is 24.6 Å². The molecular formula is C31H41BrN3O8S2+. The molecule has 1 fully saturated rings. The summed E-state index contributed by atoms with van der Waals surface area (Å²) in [5.41, 5.74) is 2.42. The van der Waals surface area contributed by atoms with E-state index >= 15 is 0 Å². The quantitative estimate of drug-likeness (QED) is 0.181. The lowest BCUT2D eigenvalue weighted by atomic mass is 10.1. The van der Waals surface area contributed by atoms with E-state index in [2.05, 4.69) is 42.4 Å². The summed E-state index contributed by atoms with van der Waals surface area (Å²) in [4.78, 5) is 24.1. The lowest BCUT2D eigenvalue weighted by molar-refractivity contribution is -0.870. The minimum atomic E-state index is -3.39. The van der Waals surface area contributed by atoms with Gasteiger partial charge in [0.2, 0.25) is 10.0 Å². The first-order chi connectivity index (χ1) is 21.2. The van der Waals surface area contributed by atoms with Crippen LogP contribution in [-0.2, 0) is 25.3 Å². The van der Waals surface area contributed by atoms with Gasteiger partial charge in [-0.2, -0.15) is 0 Å². The van der Waals surface area contributed by atoms with Crippen LogP contribution in [0.15, 0.2) is 59.1 Å². The molecule has 0 saturated carbocycles. The number of benzene rings is 2. The van der Waals surface area contributed by atoms with Crippen LogP contribution in [0.1, 0.15) is 28.1 Å². The van der Waals surface area contributed by atoms with Crippen LogP contribution in [0.25, 0.3) is 10.4 Å². The first-order valence-corrected chi connectivity index (χ1v) is 17.5. The van der Waals surface area contributed by atoms with Gasteiger partial charge < -0.3 is 29.5 Å². The average molecular weight is 728 g/mol. The number of nitrogens with zero attached hydrogens (tertiary/aromatic N) is 2. The van der Waals surface area contributed by atoms with Crippen LogP contribution in [0.4, 0.5) is 5.69 Å². The number of methoxy groups -OCH3 is 1. The van der Waals surface area contributed by atoms with Crippen molar-refractivity contribution >= 4 is 54.9 Å². The molecule has 0 radical (unpaired) electrons. The highest BCUT2D eigenvalue weighted by atomic mass is 79.9. The van der Waals surface area contributed by atoms with E-state index < -0.39 is 28.6 Å². The molecule has 1 aliphatic heterocycles. The number of aliphatic hydroxyl groups excluding tert-OH is 1. The summed E-state index contributed by atoms with van der Waals surface area (Å²) in [5, 5.41) is 20.9. The average Bonchev–Trinajstić information content (AvgIpc) is 3.32. The Balaban J connectivity index is 0.000000707. The molecular weight excluding hydrogens is 686 g/mol. The Kier molecular flexibility index (Phi) is 13.4. The van der Waals surface area contributed by atoms with Crippen LogP contribution < -0.4 is 10.1 Å². The fraction of sp³-hybridized carbons (Fsp3) is 0.419. The summed E-state index contributed by atoms with van der Waals surface area (Å²) in [6, 6.07) is 16.9. The third-order valence-corrected chi connectivity index (χ3v) is 10.9. The number of ether oxygens (including phenoxy) is 2. The summed E-state index contributed by atoms with van der Waals surface area (Å²) in [6.45, 7) is 1.40. The molecule has 1 saturated heterocycles. The van der Waals surface area contributed by atoms with Crippen molar-refractivity contribution in [3.05, 3.63) is 69.5 Å². The Hall–Kier alpha value is -3.01. The number of rotatable bonds is 12. The van der Waals surface area contributed by atoms with Gasteiger partial charge >= 0.3 is 11.9 Å². The van der Waals surface area contributed by atoms with Gasteiger partial charge in [0.15, 0.2) is 17.2 Å². The van der Waals surface area contributed by atoms with Gasteiger partial charge in [-0.15, -0.1) is 11.3 Å². The number of hydrogen-bond donors (Lipinski definition) is 3. The predicted molar refractivity (Wildman–Crippen MR) is 179 cm³/mol. The number of carboxylic acids is 1. The van der Waals surface area contributed by atoms with E-state index in [-0.39, 0.29) is 29.0 Å². The monoisotopic (exact) mass is 726 g/mol. The molecule has 14 heteroatoms. The Morgan fingerprint density at radius 3 is 2.31 bits per heavy atom. The SMILES string of the molecule is COC(=O)c1sc(-c2cccc(NC3CCN(S(=O)(=O)Cc4ccccc4)CC3)c2)c(Br)c1OCC(=O)O.C[N+](C)(C)CCO. The molecule has 2 heterocycles. The molecule has 11 nitrogen and oxygen atoms in total. The van der Waals surface area contributed by atoms with Crippen LogP contribution in [0.3, 0.4) is 0 Å². The molecule has 0 aliphatic carbocycles. The van der Waals surface area contributed by atoms with Crippen molar-refractivity contribution in [1.29, 1.82) is 0 Å². The van der Waals surface area contributed by atoms with Crippen LogP contribution >= 0.6 is 27.3 Å². The number of aliphatic hydroxyl groups is 1. The zero-order chi connectivity index (χ0) is 33.2. The van der Waals surface area contributed by atoms with E-state index in [4.69, 9.17) is 19.7 Å². The third-order valence-electron chi connectivity index (χ3n) is 6.83. The maximum atomic E-state index is 12.9. The molecule has 246 valence electrons. The number of quaternary nitrogens is 1. The second-order valence-electron chi connectivity index (χ2n) is 11.5. The highest BCUT2D eigenvalue weighted by Crippen LogP contribution is 2.46. The van der Waals surface area contributed by atoms with Gasteiger partial charge in [0.25, 0.3) is 0 Å². The standard InChI is InChI=1S/C26H27BrN2O7S2.C5H14NO/c1-35-26(32)25-23(36-15-21(30)31)22(27)24(37-25)18-8-5-9-20(14-18)28-19-10-12-29(13-11-19)38(33,34)16-17-6-3-2-4-7-17;1-6(2,3)4-5-7/h2-9,14,19,28H,10-13,15-16H2,1H3,(H,30,31);7H,4-5H2,1-3H3/q;+1. The number of thiophene rings is 1. The van der Waals surface area contributed by atoms with Crippen molar-refractivity contribution < 1.29 is 42.2 Å². The molecule has 0 bridgehead atoms. The van der Waals surface area contributed by atoms with E-state index in [1.165, 1.54) is 7.11 Å². The number of carboxylic acid groups (broad SMARTS) is 1. The number of carbonyl (C=O) groups excluding carboxylic acids is 1. The number of esters is 1. The van der Waals surface area contributed by atoms with Crippen LogP contribution in [0.2, 0.25) is 0 Å². The summed E-state index contributed by atoms with van der Waals surface area (Å²) in [7, 11) is 4.02. The van der Waals surface area contributed by atoms with Gasteiger partial charge in [-0.1, -0.05) is 42.5 Å². The number of anilines is 1. The normalized spacial score (nSPS) is 14.3. The summed E-state index contributed by atoms with van der Waals surface area (Å²) < 4.78 is 38.8. The van der Waals surface area contributed by atoms with Gasteiger partial charge in [-0.05, 0) is 52.0 Å². The molecule has 0 unspecified atom stereocenters. The molecule has 1 aromatic heterocycles. The summed E-state index contributed by atoms with van der Waals surface area (Å²) in [5.74, 6) is -1.66. The topological polar surface area (TPSA) is 142 Å². The molecule has 3 N–H and O–H groups in total. The van der Waals surface area contributed by atoms with Crippen molar-refractivity contribution in [3.63, 3.8) is 0 Å². The lowest BCUT2D eigenvalue weighted by Crippen LogP contribution is -2.42. The van der Waals surface area contributed by atoms with Crippen LogP contribution in [0.5, 0.6) is 5.75 Å². The molecule has 1 aliphatic rings. The van der Waals surface area contributed by atoms with Crippen LogP contribution in [0, 0.1) is 0 Å². The third kappa shape index (κ3) is 11.1. The number of aliphatic carboxylic acids is 1. The Labute approximate surface area is 277 Å². The van der Waals surface area contributed by atoms with E-state index in [1.54, 1.807) is 4.31 Å². The second-order valence-corrected chi connectivity index (χ2v) is 15.2. The first kappa shape index (κ1) is 36.5. The summed E-state index contributed by atoms with van der Waals surface area (Å²) in [6.07, 6.45) is 1.33. The molecule has 2 aromatic carbocycles. The summed E-state index contributed by atoms with van der Waals surface area (Å²) >= 11 is 4.60. The Morgan fingerprint density at radius 1 is 1.09 bits per heavy atom. The Morgan fingerprint density at radius 2 is 1.76 bits per heavy atom. The first-order valence-electron chi connectivity index (χ1n) is 14.3. The van der Waals surface area contributed by atoms with Crippen LogP contribution in [-0.4, -0.2) is 107 Å². The van der Waals surface area contributed by atoms with Crippen molar-refractivity contribution in [3.8, 4) is 16.2 Å². The molecule has 0 amide bonds. The zero-order valence-electron chi connectivity index (χ0n) is 25.9. The minimum Gasteiger partial charge on any atom is -0.479 e. The number of hydrogen-bond acceptors (Lipinski definition) is 9. The molecule has 45 heavy (non-hydrogen) atoms. The van der Waals surface area contributed by atoms with Gasteiger partial charge in [0.1, 0.15) is 6.54 Å². The van der Waals surface area contributed by atoms with E-state index in [0.717, 1.165) is 39.2 Å². The zero-order valence-corrected chi connectivity index (χ0v) is 29.1. The van der Waals surface area contributed by atoms with Gasteiger partial charge in [0.05, 0.1) is 50.0 Å². The second kappa shape index (κ2) is 16.5. The van der Waals surface area contributed by atoms with Gasteiger partial charge in [-0.25, -0.2) is 22.3 Å². The van der Waals surface area contributed by atoms with E-state index in [1.807, 2.05) is 54.6 Å². The lowest BCUT2D eigenvalue weighted by Gasteiger charge is -2.32. The Bertz CT molecular complexity index is 1530. The number of sulfonamides is 1. The fourth-order valence-electron chi connectivity index (χ4n) is 4.51. The fourth-order valence-corrected chi connectivity index (χ4v) is 8.04. The maximum Gasteiger partial charge on any atom is 0.351 e. The smallest absolute Gasteiger partial charge is 0.351 e. The van der Waals surface area contributed by atoms with E-state index in [0.29, 0.717) is 35.3 Å². The highest BCUT2D eigenvalue weighted by Gasteiger charge is 2.29. The number of halogens is 1. The number of carbonyl (C=O) groups is 2. The van der Waals surface area contributed by atoms with Gasteiger partial charge in [-0.3, -0.25) is 0 Å². The van der Waals surface area contributed by atoms with Crippen molar-refractivity contribution in [1.82, 2.24) is 4.31 Å². The molecule has 0 spiro atoms. The number of likely N-dealkylation sites (N-methyl/N-ethyl adjacent to an activating group) is 1. The maximum absolute atomic E-state index is 12.9. The molecule has 4 rings (SSSR count). The van der Waals surface area contributed by atoms with Crippen molar-refractivity contribution in [2.24, 2.45) is 0 Å². The number of piperidine rings is 1. The predicted octanol–water partition coefficient (Wildman–Crippen LogP) is 4.52.